The molecule has 12 heteroatoms. The number of unbranched alkanes of at least 4 members (excludes halogenated alkanes) is 2. The summed E-state index contributed by atoms with van der Waals surface area (Å²) >= 11 is 5.28. The second-order valence-electron chi connectivity index (χ2n) is 13.4. The lowest BCUT2D eigenvalue weighted by Gasteiger charge is -2.22. The molecule has 2 heterocycles. The van der Waals surface area contributed by atoms with Crippen molar-refractivity contribution in [2.75, 3.05) is 26.4 Å². The number of rotatable bonds is 20. The number of carbonyl (C=O) groups excluding carboxylic acids is 2. The maximum atomic E-state index is 13.1. The summed E-state index contributed by atoms with van der Waals surface area (Å²) in [4.78, 5) is 29.3. The molecular formula is C38H52N2O6S4. The average Bonchev–Trinajstić information content (AvgIpc) is 3.73. The van der Waals surface area contributed by atoms with Gasteiger partial charge in [0, 0.05) is 0 Å². The first-order valence-electron chi connectivity index (χ1n) is 17.9. The van der Waals surface area contributed by atoms with Crippen LogP contribution in [0.1, 0.15) is 107 Å². The maximum absolute atomic E-state index is 13.1. The number of ether oxygens (including phenoxy) is 4. The van der Waals surface area contributed by atoms with Gasteiger partial charge in [-0.15, -0.1) is 0 Å². The lowest BCUT2D eigenvalue weighted by atomic mass is 10.0. The van der Waals surface area contributed by atoms with E-state index in [1.54, 1.807) is 0 Å². The highest BCUT2D eigenvalue weighted by Gasteiger charge is 2.40. The van der Waals surface area contributed by atoms with Gasteiger partial charge < -0.3 is 18.9 Å². The fourth-order valence-corrected chi connectivity index (χ4v) is 10.4. The van der Waals surface area contributed by atoms with E-state index in [9.17, 15) is 20.1 Å². The van der Waals surface area contributed by atoms with E-state index in [4.69, 9.17) is 18.9 Å². The second-order valence-corrected chi connectivity index (χ2v) is 18.0. The monoisotopic (exact) mass is 760 g/mol. The minimum absolute atomic E-state index is 0.0433. The number of carbonyl (C=O) groups is 2. The Hall–Kier alpha value is -2.38. The molecule has 0 radical (unpaired) electrons. The Kier molecular flexibility index (Phi) is 17.8. The van der Waals surface area contributed by atoms with E-state index < -0.39 is 11.9 Å². The predicted octanol–water partition coefficient (Wildman–Crippen LogP) is 11.1. The Morgan fingerprint density at radius 3 is 1.20 bits per heavy atom. The van der Waals surface area contributed by atoms with Crippen LogP contribution >= 0.6 is 47.0 Å². The highest BCUT2D eigenvalue weighted by Crippen LogP contribution is 2.68. The van der Waals surface area contributed by atoms with Crippen LogP contribution in [-0.2, 0) is 19.1 Å². The number of nitriles is 2. The molecule has 2 unspecified atom stereocenters. The van der Waals surface area contributed by atoms with Crippen LogP contribution in [0.5, 0.6) is 11.5 Å². The van der Waals surface area contributed by atoms with Crippen molar-refractivity contribution in [3.05, 3.63) is 19.6 Å². The molecule has 0 saturated heterocycles. The van der Waals surface area contributed by atoms with Crippen LogP contribution in [0.25, 0.3) is 0 Å². The smallest absolute Gasteiger partial charge is 0.350 e. The first-order chi connectivity index (χ1) is 24.0. The van der Waals surface area contributed by atoms with E-state index in [1.807, 2.05) is 27.7 Å². The number of hydrogen-bond donors (Lipinski definition) is 0. The molecule has 0 N–H and O–H groups in total. The summed E-state index contributed by atoms with van der Waals surface area (Å²) in [7, 11) is 0. The topological polar surface area (TPSA) is 119 Å². The molecule has 2 atom stereocenters. The number of esters is 2. The molecule has 0 amide bonds. The van der Waals surface area contributed by atoms with E-state index in [0.717, 1.165) is 70.9 Å². The van der Waals surface area contributed by atoms with Gasteiger partial charge in [0.2, 0.25) is 0 Å². The lowest BCUT2D eigenvalue weighted by molar-refractivity contribution is -0.140. The summed E-state index contributed by atoms with van der Waals surface area (Å²) in [5, 5.41) is 20.3. The SMILES string of the molecule is CCCCC(CC)COc1c2c(c(OCC(CC)CCCC)c3c1SC(=C(C#N)C(=O)OCC(C)C)S3)SC(=C(C#N)C(=O)OCC(C)C)S2. The summed E-state index contributed by atoms with van der Waals surface area (Å²) in [6.07, 6.45) is 8.39. The van der Waals surface area contributed by atoms with Crippen molar-refractivity contribution < 1.29 is 28.5 Å². The maximum Gasteiger partial charge on any atom is 0.350 e. The van der Waals surface area contributed by atoms with Crippen LogP contribution in [0.15, 0.2) is 39.2 Å². The third kappa shape index (κ3) is 11.3. The third-order valence-corrected chi connectivity index (χ3v) is 13.4. The zero-order valence-corrected chi connectivity index (χ0v) is 34.0. The van der Waals surface area contributed by atoms with Crippen LogP contribution in [0.2, 0.25) is 0 Å². The molecule has 1 aromatic carbocycles. The summed E-state index contributed by atoms with van der Waals surface area (Å²) in [5.41, 5.74) is -0.0866. The van der Waals surface area contributed by atoms with Crippen molar-refractivity contribution in [2.45, 2.75) is 126 Å². The molecule has 274 valence electrons. The fourth-order valence-electron chi connectivity index (χ4n) is 5.05. The predicted molar refractivity (Wildman–Crippen MR) is 204 cm³/mol. The summed E-state index contributed by atoms with van der Waals surface area (Å²) in [6, 6.07) is 4.20. The minimum atomic E-state index is -0.648. The number of nitrogens with zero attached hydrogens (tertiary/aromatic N) is 2. The van der Waals surface area contributed by atoms with Crippen LogP contribution in [-0.4, -0.2) is 38.4 Å². The number of hydrogen-bond acceptors (Lipinski definition) is 12. The van der Waals surface area contributed by atoms with Crippen LogP contribution in [0.3, 0.4) is 0 Å². The quantitative estimate of drug-likeness (QED) is 0.0715. The van der Waals surface area contributed by atoms with Gasteiger partial charge in [0.25, 0.3) is 0 Å². The molecule has 0 aromatic heterocycles. The number of benzene rings is 1. The summed E-state index contributed by atoms with van der Waals surface area (Å²) in [5.74, 6) is 0.880. The van der Waals surface area contributed by atoms with Gasteiger partial charge in [-0.2, -0.15) is 10.5 Å². The van der Waals surface area contributed by atoms with Crippen molar-refractivity contribution in [1.29, 1.82) is 10.5 Å². The van der Waals surface area contributed by atoms with Crippen LogP contribution < -0.4 is 9.47 Å². The largest absolute Gasteiger partial charge is 0.491 e. The van der Waals surface area contributed by atoms with Crippen molar-refractivity contribution in [1.82, 2.24) is 0 Å². The Bertz CT molecular complexity index is 1360. The molecule has 8 nitrogen and oxygen atoms in total. The van der Waals surface area contributed by atoms with Gasteiger partial charge in [0.15, 0.2) is 11.1 Å². The Morgan fingerprint density at radius 2 is 0.940 bits per heavy atom. The van der Waals surface area contributed by atoms with Crippen LogP contribution in [0.4, 0.5) is 0 Å². The normalized spacial score (nSPS) is 14.5. The van der Waals surface area contributed by atoms with Gasteiger partial charge in [-0.3, -0.25) is 0 Å². The second kappa shape index (κ2) is 21.2. The molecule has 2 aliphatic heterocycles. The van der Waals surface area contributed by atoms with Crippen molar-refractivity contribution in [2.24, 2.45) is 23.7 Å². The van der Waals surface area contributed by atoms with E-state index in [0.29, 0.717) is 45.0 Å². The first kappa shape index (κ1) is 42.0. The van der Waals surface area contributed by atoms with Crippen molar-refractivity contribution in [3.63, 3.8) is 0 Å². The van der Waals surface area contributed by atoms with Gasteiger partial charge in [-0.25, -0.2) is 9.59 Å². The first-order valence-corrected chi connectivity index (χ1v) is 21.1. The molecule has 0 spiro atoms. The molecule has 2 aliphatic rings. The van der Waals surface area contributed by atoms with Gasteiger partial charge in [-0.1, -0.05) is 141 Å². The molecule has 0 aliphatic carbocycles. The molecule has 0 saturated carbocycles. The van der Waals surface area contributed by atoms with Gasteiger partial charge in [0.1, 0.15) is 23.6 Å². The summed E-state index contributed by atoms with van der Waals surface area (Å²) in [6.45, 7) is 17.9. The standard InChI is InChI=1S/C38H52N2O6S4/c1-9-13-15-25(11-3)21-43-29-31-33(49-37(47-31)27(17-39)35(41)45-19-23(5)6)30(44-22-26(12-4)16-14-10-2)34-32(29)48-38(50-34)28(18-40)36(42)46-20-24(7)8/h23-26H,9-16,19-22H2,1-8H3. The Labute approximate surface area is 316 Å². The van der Waals surface area contributed by atoms with E-state index in [1.165, 1.54) is 47.0 Å². The zero-order chi connectivity index (χ0) is 36.8. The average molecular weight is 761 g/mol. The van der Waals surface area contributed by atoms with Gasteiger partial charge >= 0.3 is 11.9 Å². The molecular weight excluding hydrogens is 709 g/mol. The third-order valence-electron chi connectivity index (χ3n) is 8.17. The Morgan fingerprint density at radius 1 is 0.600 bits per heavy atom. The zero-order valence-electron chi connectivity index (χ0n) is 30.8. The number of thioether (sulfide) groups is 4. The fraction of sp³-hybridized carbons (Fsp3) is 0.632. The lowest BCUT2D eigenvalue weighted by Crippen LogP contribution is -2.14. The summed E-state index contributed by atoms with van der Waals surface area (Å²) < 4.78 is 25.5. The van der Waals surface area contributed by atoms with Crippen molar-refractivity contribution in [3.8, 4) is 23.6 Å². The molecule has 0 fully saturated rings. The van der Waals surface area contributed by atoms with Gasteiger partial charge in [-0.05, 0) is 36.5 Å². The van der Waals surface area contributed by atoms with E-state index >= 15 is 0 Å². The highest BCUT2D eigenvalue weighted by atomic mass is 32.2. The molecule has 1 aromatic rings. The van der Waals surface area contributed by atoms with Gasteiger partial charge in [0.05, 0.1) is 54.5 Å². The van der Waals surface area contributed by atoms with E-state index in [-0.39, 0.29) is 36.2 Å². The molecule has 50 heavy (non-hydrogen) atoms. The van der Waals surface area contributed by atoms with Crippen molar-refractivity contribution >= 4 is 59.0 Å². The molecule has 0 bridgehead atoms. The minimum Gasteiger partial charge on any atom is -0.491 e. The Balaban J connectivity index is 2.21. The number of fused-ring (bicyclic) bond motifs is 2. The molecule has 3 rings (SSSR count). The van der Waals surface area contributed by atoms with E-state index in [2.05, 4.69) is 39.8 Å². The van der Waals surface area contributed by atoms with Crippen LogP contribution in [0, 0.1) is 46.3 Å². The highest BCUT2D eigenvalue weighted by molar-refractivity contribution is 8.26.